The fourth-order valence-electron chi connectivity index (χ4n) is 1.39. The summed E-state index contributed by atoms with van der Waals surface area (Å²) < 4.78 is 5.00. The summed E-state index contributed by atoms with van der Waals surface area (Å²) in [6.45, 7) is 0. The van der Waals surface area contributed by atoms with Crippen molar-refractivity contribution in [2.75, 3.05) is 7.11 Å². The highest BCUT2D eigenvalue weighted by Gasteiger charge is 2.29. The van der Waals surface area contributed by atoms with Crippen LogP contribution < -0.4 is 0 Å². The molecule has 8 nitrogen and oxygen atoms in total. The fourth-order valence-corrected chi connectivity index (χ4v) is 1.39. The van der Waals surface area contributed by atoms with Crippen molar-refractivity contribution in [3.8, 4) is 0 Å². The molecule has 0 radical (unpaired) electrons. The van der Waals surface area contributed by atoms with E-state index in [1.807, 2.05) is 0 Å². The molecule has 0 amide bonds. The molecular formula is C7H13NO7. The van der Waals surface area contributed by atoms with E-state index in [0.29, 0.717) is 0 Å². The smallest absolute Gasteiger partial charge is 0.450 e. The summed E-state index contributed by atoms with van der Waals surface area (Å²) in [7, 11) is 1.55. The van der Waals surface area contributed by atoms with Gasteiger partial charge in [-0.2, -0.15) is 0 Å². The number of rotatable bonds is 3. The van der Waals surface area contributed by atoms with Crippen LogP contribution in [0.3, 0.4) is 0 Å². The minimum Gasteiger partial charge on any atom is -0.450 e. The van der Waals surface area contributed by atoms with E-state index in [0.717, 1.165) is 19.3 Å². The van der Waals surface area contributed by atoms with E-state index in [1.54, 1.807) is 7.11 Å². The lowest BCUT2D eigenvalue weighted by atomic mass is 10.3. The van der Waals surface area contributed by atoms with Crippen LogP contribution in [0.15, 0.2) is 0 Å². The first-order valence-corrected chi connectivity index (χ1v) is 4.23. The summed E-state index contributed by atoms with van der Waals surface area (Å²) in [5.74, 6) is 0. The molecule has 0 saturated heterocycles. The molecule has 0 aromatic heterocycles. The molecule has 1 rings (SSSR count). The van der Waals surface area contributed by atoms with E-state index in [1.165, 1.54) is 0 Å². The Morgan fingerprint density at radius 1 is 1.40 bits per heavy atom. The van der Waals surface area contributed by atoms with Crippen LogP contribution >= 0.6 is 0 Å². The number of hydrogen-bond donors (Lipinski definition) is 2. The normalized spacial score (nSPS) is 23.8. The molecule has 0 spiro atoms. The molecule has 0 heterocycles. The maximum atomic E-state index is 9.94. The summed E-state index contributed by atoms with van der Waals surface area (Å²) in [5.41, 5.74) is 0. The van der Waals surface area contributed by atoms with E-state index in [4.69, 9.17) is 19.7 Å². The monoisotopic (exact) mass is 223 g/mol. The fraction of sp³-hybridized carbons (Fsp3) is 0.857. The third kappa shape index (κ3) is 6.49. The zero-order valence-electron chi connectivity index (χ0n) is 8.16. The van der Waals surface area contributed by atoms with E-state index in [-0.39, 0.29) is 12.2 Å². The van der Waals surface area contributed by atoms with Gasteiger partial charge in [0.15, 0.2) is 0 Å². The van der Waals surface area contributed by atoms with Gasteiger partial charge in [-0.3, -0.25) is 0 Å². The van der Waals surface area contributed by atoms with Gasteiger partial charge in [-0.05, 0) is 19.3 Å². The van der Waals surface area contributed by atoms with Gasteiger partial charge in [-0.25, -0.2) is 4.79 Å². The molecule has 0 bridgehead atoms. The minimum absolute atomic E-state index is 0.0969. The van der Waals surface area contributed by atoms with Gasteiger partial charge in [-0.1, -0.05) is 0 Å². The zero-order valence-corrected chi connectivity index (χ0v) is 8.16. The van der Waals surface area contributed by atoms with Crippen LogP contribution in [0.5, 0.6) is 0 Å². The van der Waals surface area contributed by atoms with Crippen LogP contribution in [0.4, 0.5) is 4.79 Å². The first kappa shape index (κ1) is 13.4. The second-order valence-corrected chi connectivity index (χ2v) is 2.86. The van der Waals surface area contributed by atoms with Gasteiger partial charge < -0.3 is 19.8 Å². The molecule has 2 N–H and O–H groups in total. The Kier molecular flexibility index (Phi) is 6.11. The Bertz CT molecular complexity index is 215. The van der Waals surface area contributed by atoms with Crippen molar-refractivity contribution in [2.24, 2.45) is 0 Å². The molecule has 2 atom stereocenters. The summed E-state index contributed by atoms with van der Waals surface area (Å²) in [6, 6.07) is 0. The average Bonchev–Trinajstić information content (AvgIpc) is 2.49. The summed E-state index contributed by atoms with van der Waals surface area (Å²) in [5, 5.41) is 23.1. The van der Waals surface area contributed by atoms with Crippen molar-refractivity contribution in [2.45, 2.75) is 31.5 Å². The second kappa shape index (κ2) is 6.82. The number of carboxylic acid groups (broad SMARTS) is 2. The van der Waals surface area contributed by atoms with Crippen molar-refractivity contribution in [1.29, 1.82) is 0 Å². The summed E-state index contributed by atoms with van der Waals surface area (Å²) >= 11 is 0. The maximum absolute atomic E-state index is 9.94. The summed E-state index contributed by atoms with van der Waals surface area (Å²) in [4.78, 5) is 22.9. The van der Waals surface area contributed by atoms with Crippen molar-refractivity contribution in [3.63, 3.8) is 0 Å². The van der Waals surface area contributed by atoms with Gasteiger partial charge in [0.2, 0.25) is 0 Å². The summed E-state index contributed by atoms with van der Waals surface area (Å²) in [6.07, 6.45) is 0.237. The predicted octanol–water partition coefficient (Wildman–Crippen LogP) is 0.985. The van der Waals surface area contributed by atoms with Gasteiger partial charge in [-0.15, -0.1) is 10.1 Å². The molecular weight excluding hydrogens is 210 g/mol. The lowest BCUT2D eigenvalue weighted by Crippen LogP contribution is -2.27. The van der Waals surface area contributed by atoms with Gasteiger partial charge in [0, 0.05) is 7.11 Å². The Labute approximate surface area is 85.5 Å². The molecule has 1 aliphatic carbocycles. The third-order valence-corrected chi connectivity index (χ3v) is 1.92. The van der Waals surface area contributed by atoms with E-state index < -0.39 is 11.2 Å². The van der Waals surface area contributed by atoms with Gasteiger partial charge in [0.1, 0.15) is 6.10 Å². The van der Waals surface area contributed by atoms with Crippen LogP contribution in [0.25, 0.3) is 0 Å². The highest BCUT2D eigenvalue weighted by atomic mass is 17.0. The molecule has 15 heavy (non-hydrogen) atoms. The van der Waals surface area contributed by atoms with Gasteiger partial charge in [0.05, 0.1) is 6.10 Å². The molecule has 0 aromatic carbocycles. The molecule has 8 heteroatoms. The molecule has 0 aliphatic heterocycles. The van der Waals surface area contributed by atoms with Gasteiger partial charge in [0.25, 0.3) is 5.09 Å². The number of methoxy groups -OCH3 is 1. The van der Waals surface area contributed by atoms with Crippen LogP contribution in [-0.2, 0) is 9.57 Å². The second-order valence-electron chi connectivity index (χ2n) is 2.86. The molecule has 88 valence electrons. The van der Waals surface area contributed by atoms with Crippen molar-refractivity contribution in [3.05, 3.63) is 10.1 Å². The number of carbonyl (C=O) groups is 1. The largest absolute Gasteiger partial charge is 0.503 e. The SMILES string of the molecule is COC1CCCC1O[N+](=O)[O-].O=C(O)O. The number of nitrogens with zero attached hydrogens (tertiary/aromatic N) is 1. The predicted molar refractivity (Wildman–Crippen MR) is 47.2 cm³/mol. The minimum atomic E-state index is -1.83. The van der Waals surface area contributed by atoms with E-state index in [2.05, 4.69) is 4.84 Å². The molecule has 1 fully saturated rings. The van der Waals surface area contributed by atoms with Crippen LogP contribution in [0.2, 0.25) is 0 Å². The molecule has 1 aliphatic rings. The van der Waals surface area contributed by atoms with E-state index >= 15 is 0 Å². The van der Waals surface area contributed by atoms with Crippen molar-refractivity contribution >= 4 is 6.16 Å². The molecule has 1 saturated carbocycles. The average molecular weight is 223 g/mol. The third-order valence-electron chi connectivity index (χ3n) is 1.92. The highest BCUT2D eigenvalue weighted by Crippen LogP contribution is 2.24. The Balaban J connectivity index is 0.000000423. The lowest BCUT2D eigenvalue weighted by Gasteiger charge is -2.14. The number of ether oxygens (including phenoxy) is 1. The quantitative estimate of drug-likeness (QED) is 0.540. The highest BCUT2D eigenvalue weighted by molar-refractivity contribution is 5.53. The molecule has 0 aromatic rings. The lowest BCUT2D eigenvalue weighted by molar-refractivity contribution is -0.770. The van der Waals surface area contributed by atoms with Gasteiger partial charge >= 0.3 is 6.16 Å². The topological polar surface area (TPSA) is 119 Å². The standard InChI is InChI=1S/C6H11NO4.CH2O3/c1-10-5-3-2-4-6(5)11-7(8)9;2-1(3)4/h5-6H,2-4H2,1H3;(H2,2,3,4). The number of hydrogen-bond acceptors (Lipinski definition) is 5. The van der Waals surface area contributed by atoms with Crippen molar-refractivity contribution in [1.82, 2.24) is 0 Å². The first-order valence-electron chi connectivity index (χ1n) is 4.23. The zero-order chi connectivity index (χ0) is 11.8. The van der Waals surface area contributed by atoms with E-state index in [9.17, 15) is 10.1 Å². The van der Waals surface area contributed by atoms with Crippen molar-refractivity contribution < 1.29 is 29.7 Å². The first-order chi connectivity index (χ1) is 6.97. The molecule has 2 unspecified atom stereocenters. The maximum Gasteiger partial charge on any atom is 0.503 e. The van der Waals surface area contributed by atoms with Crippen LogP contribution in [-0.4, -0.2) is 40.8 Å². The Morgan fingerprint density at radius 2 is 1.87 bits per heavy atom. The van der Waals surface area contributed by atoms with Crippen LogP contribution in [0, 0.1) is 10.1 Å². The Morgan fingerprint density at radius 3 is 2.27 bits per heavy atom. The van der Waals surface area contributed by atoms with Crippen LogP contribution in [0.1, 0.15) is 19.3 Å². The Hall–Kier alpha value is -1.57.